The van der Waals surface area contributed by atoms with Crippen molar-refractivity contribution in [2.45, 2.75) is 12.8 Å². The maximum atomic E-state index is 5.67. The summed E-state index contributed by atoms with van der Waals surface area (Å²) in [4.78, 5) is 0. The van der Waals surface area contributed by atoms with Crippen LogP contribution in [0.5, 0.6) is 11.5 Å². The lowest BCUT2D eigenvalue weighted by Gasteiger charge is -2.08. The van der Waals surface area contributed by atoms with Gasteiger partial charge in [0.05, 0.1) is 13.7 Å². The van der Waals surface area contributed by atoms with Crippen LogP contribution in [0.2, 0.25) is 0 Å². The first kappa shape index (κ1) is 18.3. The molecule has 0 aliphatic rings. The Hall–Kier alpha value is -1.71. The summed E-state index contributed by atoms with van der Waals surface area (Å²) < 4.78 is 10.8. The molecule has 0 saturated heterocycles. The highest BCUT2D eigenvalue weighted by molar-refractivity contribution is 5.85. The van der Waals surface area contributed by atoms with Crippen LogP contribution in [0.15, 0.2) is 54.6 Å². The monoisotopic (exact) mass is 321 g/mol. The van der Waals surface area contributed by atoms with Crippen molar-refractivity contribution in [2.75, 3.05) is 26.8 Å². The SMILES string of the molecule is COc1ccc(OCCCNCCc2ccccc2)cc1.Cl. The van der Waals surface area contributed by atoms with Crippen molar-refractivity contribution in [3.05, 3.63) is 60.2 Å². The van der Waals surface area contributed by atoms with Crippen LogP contribution >= 0.6 is 12.4 Å². The lowest BCUT2D eigenvalue weighted by atomic mass is 10.1. The fourth-order valence-corrected chi connectivity index (χ4v) is 2.06. The molecule has 1 N–H and O–H groups in total. The Labute approximate surface area is 139 Å². The molecular formula is C18H24ClNO2. The van der Waals surface area contributed by atoms with Crippen molar-refractivity contribution in [3.8, 4) is 11.5 Å². The molecule has 2 rings (SSSR count). The van der Waals surface area contributed by atoms with E-state index in [9.17, 15) is 0 Å². The van der Waals surface area contributed by atoms with Crippen molar-refractivity contribution in [3.63, 3.8) is 0 Å². The number of ether oxygens (including phenoxy) is 2. The van der Waals surface area contributed by atoms with Crippen molar-refractivity contribution in [1.29, 1.82) is 0 Å². The summed E-state index contributed by atoms with van der Waals surface area (Å²) in [6, 6.07) is 18.2. The van der Waals surface area contributed by atoms with Gasteiger partial charge in [0.15, 0.2) is 0 Å². The highest BCUT2D eigenvalue weighted by Crippen LogP contribution is 2.16. The Morgan fingerprint density at radius 1 is 0.864 bits per heavy atom. The minimum Gasteiger partial charge on any atom is -0.497 e. The lowest BCUT2D eigenvalue weighted by molar-refractivity contribution is 0.307. The predicted molar refractivity (Wildman–Crippen MR) is 93.4 cm³/mol. The highest BCUT2D eigenvalue weighted by Gasteiger charge is 1.96. The van der Waals surface area contributed by atoms with E-state index in [4.69, 9.17) is 9.47 Å². The molecule has 120 valence electrons. The van der Waals surface area contributed by atoms with Gasteiger partial charge in [0.1, 0.15) is 11.5 Å². The molecule has 2 aromatic rings. The van der Waals surface area contributed by atoms with Crippen LogP contribution in [0.3, 0.4) is 0 Å². The van der Waals surface area contributed by atoms with E-state index in [0.29, 0.717) is 0 Å². The van der Waals surface area contributed by atoms with Gasteiger partial charge in [-0.3, -0.25) is 0 Å². The number of halogens is 1. The number of nitrogens with one attached hydrogen (secondary N) is 1. The summed E-state index contributed by atoms with van der Waals surface area (Å²) in [7, 11) is 1.66. The number of hydrogen-bond donors (Lipinski definition) is 1. The van der Waals surface area contributed by atoms with E-state index >= 15 is 0 Å². The second kappa shape index (κ2) is 10.9. The molecule has 0 aromatic heterocycles. The van der Waals surface area contributed by atoms with Gasteiger partial charge in [-0.05, 0) is 55.8 Å². The van der Waals surface area contributed by atoms with Crippen molar-refractivity contribution < 1.29 is 9.47 Å². The largest absolute Gasteiger partial charge is 0.497 e. The summed E-state index contributed by atoms with van der Waals surface area (Å²) in [5.41, 5.74) is 1.37. The fourth-order valence-electron chi connectivity index (χ4n) is 2.06. The molecule has 0 saturated carbocycles. The molecule has 4 heteroatoms. The quantitative estimate of drug-likeness (QED) is 0.714. The molecule has 22 heavy (non-hydrogen) atoms. The molecule has 0 fully saturated rings. The third-order valence-corrected chi connectivity index (χ3v) is 3.26. The number of rotatable bonds is 9. The molecule has 0 radical (unpaired) electrons. The van der Waals surface area contributed by atoms with Crippen molar-refractivity contribution >= 4 is 12.4 Å². The van der Waals surface area contributed by atoms with Gasteiger partial charge in [-0.25, -0.2) is 0 Å². The van der Waals surface area contributed by atoms with Crippen LogP contribution in [0, 0.1) is 0 Å². The van der Waals surface area contributed by atoms with Gasteiger partial charge >= 0.3 is 0 Å². The Morgan fingerprint density at radius 3 is 2.23 bits per heavy atom. The van der Waals surface area contributed by atoms with Crippen LogP contribution in [-0.4, -0.2) is 26.8 Å². The Balaban J connectivity index is 0.00000242. The zero-order valence-electron chi connectivity index (χ0n) is 13.0. The topological polar surface area (TPSA) is 30.5 Å². The smallest absolute Gasteiger partial charge is 0.119 e. The summed E-state index contributed by atoms with van der Waals surface area (Å²) in [5.74, 6) is 1.74. The predicted octanol–water partition coefficient (Wildman–Crippen LogP) is 3.72. The van der Waals surface area contributed by atoms with Crippen molar-refractivity contribution in [1.82, 2.24) is 5.32 Å². The second-order valence-electron chi connectivity index (χ2n) is 4.86. The standard InChI is InChI=1S/C18H23NO2.ClH/c1-20-17-8-10-18(11-9-17)21-15-5-13-19-14-12-16-6-3-2-4-7-16;/h2-4,6-11,19H,5,12-15H2,1H3;1H. The minimum absolute atomic E-state index is 0. The molecule has 0 spiro atoms. The molecule has 0 aliphatic heterocycles. The second-order valence-corrected chi connectivity index (χ2v) is 4.86. The van der Waals surface area contributed by atoms with Gasteiger partial charge in [0.2, 0.25) is 0 Å². The van der Waals surface area contributed by atoms with Crippen LogP contribution < -0.4 is 14.8 Å². The zero-order chi connectivity index (χ0) is 14.8. The molecule has 2 aromatic carbocycles. The molecule has 0 bridgehead atoms. The van der Waals surface area contributed by atoms with E-state index in [-0.39, 0.29) is 12.4 Å². The Kier molecular flexibility index (Phi) is 9.12. The summed E-state index contributed by atoms with van der Waals surface area (Å²) in [5, 5.41) is 3.44. The van der Waals surface area contributed by atoms with E-state index in [1.807, 2.05) is 30.3 Å². The number of benzene rings is 2. The fraction of sp³-hybridized carbons (Fsp3) is 0.333. The summed E-state index contributed by atoms with van der Waals surface area (Å²) in [6.07, 6.45) is 2.07. The van der Waals surface area contributed by atoms with Gasteiger partial charge in [0.25, 0.3) is 0 Å². The third kappa shape index (κ3) is 6.83. The molecule has 3 nitrogen and oxygen atoms in total. The van der Waals surface area contributed by atoms with Gasteiger partial charge in [-0.15, -0.1) is 12.4 Å². The highest BCUT2D eigenvalue weighted by atomic mass is 35.5. The summed E-state index contributed by atoms with van der Waals surface area (Å²) in [6.45, 7) is 2.71. The first-order chi connectivity index (χ1) is 10.4. The first-order valence-electron chi connectivity index (χ1n) is 7.40. The maximum Gasteiger partial charge on any atom is 0.119 e. The van der Waals surface area contributed by atoms with Gasteiger partial charge < -0.3 is 14.8 Å². The van der Waals surface area contributed by atoms with E-state index in [1.165, 1.54) is 5.56 Å². The maximum absolute atomic E-state index is 5.67. The normalized spacial score (nSPS) is 9.86. The van der Waals surface area contributed by atoms with Gasteiger partial charge in [0, 0.05) is 0 Å². The average molecular weight is 322 g/mol. The zero-order valence-corrected chi connectivity index (χ0v) is 13.8. The summed E-state index contributed by atoms with van der Waals surface area (Å²) >= 11 is 0. The van der Waals surface area contributed by atoms with Gasteiger partial charge in [-0.2, -0.15) is 0 Å². The molecule has 0 aliphatic carbocycles. The van der Waals surface area contributed by atoms with E-state index in [2.05, 4.69) is 29.6 Å². The van der Waals surface area contributed by atoms with Crippen LogP contribution in [0.1, 0.15) is 12.0 Å². The van der Waals surface area contributed by atoms with Crippen LogP contribution in [0.25, 0.3) is 0 Å². The van der Waals surface area contributed by atoms with Crippen LogP contribution in [-0.2, 0) is 6.42 Å². The van der Waals surface area contributed by atoms with E-state index in [0.717, 1.165) is 44.0 Å². The molecule has 0 heterocycles. The van der Waals surface area contributed by atoms with E-state index < -0.39 is 0 Å². The molecule has 0 amide bonds. The molecular weight excluding hydrogens is 298 g/mol. The number of methoxy groups -OCH3 is 1. The van der Waals surface area contributed by atoms with E-state index in [1.54, 1.807) is 7.11 Å². The van der Waals surface area contributed by atoms with Gasteiger partial charge in [-0.1, -0.05) is 30.3 Å². The Bertz CT molecular complexity index is 502. The first-order valence-corrected chi connectivity index (χ1v) is 7.40. The molecule has 0 atom stereocenters. The lowest BCUT2D eigenvalue weighted by Crippen LogP contribution is -2.20. The minimum atomic E-state index is 0. The van der Waals surface area contributed by atoms with Crippen molar-refractivity contribution in [2.24, 2.45) is 0 Å². The molecule has 0 unspecified atom stereocenters. The number of hydrogen-bond acceptors (Lipinski definition) is 3. The third-order valence-electron chi connectivity index (χ3n) is 3.26. The average Bonchev–Trinajstić information content (AvgIpc) is 2.55. The Morgan fingerprint density at radius 2 is 1.55 bits per heavy atom. The van der Waals surface area contributed by atoms with Crippen LogP contribution in [0.4, 0.5) is 0 Å².